The van der Waals surface area contributed by atoms with Gasteiger partial charge in [0.15, 0.2) is 0 Å². The topological polar surface area (TPSA) is 77.8 Å². The van der Waals surface area contributed by atoms with Crippen LogP contribution in [0.2, 0.25) is 0 Å². The quantitative estimate of drug-likeness (QED) is 0.597. The molecular weight excluding hydrogens is 198 g/mol. The fourth-order valence-electron chi connectivity index (χ4n) is 1.40. The van der Waals surface area contributed by atoms with Crippen LogP contribution >= 0.6 is 0 Å². The standard InChI is InChI=1S/C8H10F2O4/c9-7(10)4-1-3(8(13)14)2-5(11)6(4)12/h2,4-7,11-12H,1H2,(H,13,14). The van der Waals surface area contributed by atoms with Gasteiger partial charge in [0.2, 0.25) is 6.43 Å². The van der Waals surface area contributed by atoms with Crippen molar-refractivity contribution in [3.8, 4) is 0 Å². The summed E-state index contributed by atoms with van der Waals surface area (Å²) < 4.78 is 24.6. The number of aliphatic hydroxyl groups excluding tert-OH is 2. The van der Waals surface area contributed by atoms with Gasteiger partial charge in [-0.05, 0) is 12.5 Å². The molecule has 0 heterocycles. The molecule has 0 bridgehead atoms. The number of carbonyl (C=O) groups is 1. The fraction of sp³-hybridized carbons (Fsp3) is 0.625. The third kappa shape index (κ3) is 2.08. The smallest absolute Gasteiger partial charge is 0.331 e. The number of alkyl halides is 2. The second-order valence-electron chi connectivity index (χ2n) is 3.18. The molecule has 1 rings (SSSR count). The van der Waals surface area contributed by atoms with Crippen molar-refractivity contribution in [1.82, 2.24) is 0 Å². The van der Waals surface area contributed by atoms with E-state index in [-0.39, 0.29) is 5.57 Å². The van der Waals surface area contributed by atoms with E-state index in [1.54, 1.807) is 0 Å². The number of carboxylic acid groups (broad SMARTS) is 1. The molecule has 3 unspecified atom stereocenters. The molecule has 0 fully saturated rings. The first-order chi connectivity index (χ1) is 6.43. The second-order valence-corrected chi connectivity index (χ2v) is 3.18. The van der Waals surface area contributed by atoms with Crippen LogP contribution in [0.25, 0.3) is 0 Å². The lowest BCUT2D eigenvalue weighted by Gasteiger charge is -2.29. The Kier molecular flexibility index (Phi) is 3.17. The maximum absolute atomic E-state index is 12.3. The fourth-order valence-corrected chi connectivity index (χ4v) is 1.40. The summed E-state index contributed by atoms with van der Waals surface area (Å²) in [6.45, 7) is 0. The van der Waals surface area contributed by atoms with Crippen LogP contribution in [0.3, 0.4) is 0 Å². The molecule has 6 heteroatoms. The van der Waals surface area contributed by atoms with Crippen molar-refractivity contribution in [3.05, 3.63) is 11.6 Å². The minimum atomic E-state index is -2.84. The molecule has 14 heavy (non-hydrogen) atoms. The predicted octanol–water partition coefficient (Wildman–Crippen LogP) is 0.00420. The van der Waals surface area contributed by atoms with E-state index in [9.17, 15) is 13.6 Å². The monoisotopic (exact) mass is 208 g/mol. The van der Waals surface area contributed by atoms with Gasteiger partial charge in [-0.25, -0.2) is 13.6 Å². The third-order valence-electron chi connectivity index (χ3n) is 2.21. The number of halogens is 2. The van der Waals surface area contributed by atoms with E-state index in [2.05, 4.69) is 0 Å². The Hall–Kier alpha value is -1.01. The molecule has 0 aromatic heterocycles. The summed E-state index contributed by atoms with van der Waals surface area (Å²) >= 11 is 0. The number of hydrogen-bond acceptors (Lipinski definition) is 3. The molecule has 0 spiro atoms. The van der Waals surface area contributed by atoms with E-state index in [0.717, 1.165) is 6.08 Å². The summed E-state index contributed by atoms with van der Waals surface area (Å²) in [6.07, 6.45) is -5.51. The van der Waals surface area contributed by atoms with Crippen LogP contribution in [-0.2, 0) is 4.79 Å². The van der Waals surface area contributed by atoms with Gasteiger partial charge in [0.25, 0.3) is 0 Å². The lowest BCUT2D eigenvalue weighted by molar-refractivity contribution is -0.134. The molecule has 0 radical (unpaired) electrons. The number of hydrogen-bond donors (Lipinski definition) is 3. The first kappa shape index (κ1) is 11.1. The molecule has 4 nitrogen and oxygen atoms in total. The molecule has 0 amide bonds. The van der Waals surface area contributed by atoms with Crippen molar-refractivity contribution >= 4 is 5.97 Å². The normalized spacial score (nSPS) is 32.9. The Morgan fingerprint density at radius 3 is 2.50 bits per heavy atom. The van der Waals surface area contributed by atoms with Gasteiger partial charge in [-0.15, -0.1) is 0 Å². The average molecular weight is 208 g/mol. The Morgan fingerprint density at radius 2 is 2.07 bits per heavy atom. The minimum Gasteiger partial charge on any atom is -0.478 e. The summed E-state index contributed by atoms with van der Waals surface area (Å²) in [5.41, 5.74) is -0.284. The van der Waals surface area contributed by atoms with Crippen LogP contribution < -0.4 is 0 Å². The van der Waals surface area contributed by atoms with E-state index in [1.807, 2.05) is 0 Å². The van der Waals surface area contributed by atoms with Crippen LogP contribution in [0, 0.1) is 5.92 Å². The van der Waals surface area contributed by atoms with Gasteiger partial charge in [0, 0.05) is 5.57 Å². The highest BCUT2D eigenvalue weighted by Crippen LogP contribution is 2.29. The summed E-state index contributed by atoms with van der Waals surface area (Å²) in [7, 11) is 0. The molecule has 0 aromatic rings. The summed E-state index contributed by atoms with van der Waals surface area (Å²) in [6, 6.07) is 0. The molecule has 80 valence electrons. The first-order valence-corrected chi connectivity index (χ1v) is 4.01. The Balaban J connectivity index is 2.87. The van der Waals surface area contributed by atoms with E-state index < -0.39 is 36.9 Å². The van der Waals surface area contributed by atoms with Gasteiger partial charge in [-0.2, -0.15) is 0 Å². The summed E-state index contributed by atoms with van der Waals surface area (Å²) in [5.74, 6) is -2.86. The molecular formula is C8H10F2O4. The maximum Gasteiger partial charge on any atom is 0.331 e. The number of rotatable bonds is 2. The van der Waals surface area contributed by atoms with E-state index in [1.165, 1.54) is 0 Å². The van der Waals surface area contributed by atoms with Crippen LogP contribution in [0.1, 0.15) is 6.42 Å². The molecule has 0 aliphatic heterocycles. The van der Waals surface area contributed by atoms with Crippen molar-refractivity contribution in [3.63, 3.8) is 0 Å². The van der Waals surface area contributed by atoms with Gasteiger partial charge in [0.1, 0.15) is 0 Å². The third-order valence-corrected chi connectivity index (χ3v) is 2.21. The lowest BCUT2D eigenvalue weighted by Crippen LogP contribution is -2.40. The molecule has 0 saturated heterocycles. The highest BCUT2D eigenvalue weighted by molar-refractivity contribution is 5.86. The molecule has 1 aliphatic rings. The molecule has 0 aromatic carbocycles. The molecule has 3 atom stereocenters. The summed E-state index contributed by atoms with van der Waals surface area (Å²) in [5, 5.41) is 26.8. The van der Waals surface area contributed by atoms with E-state index in [4.69, 9.17) is 15.3 Å². The number of carboxylic acids is 1. The SMILES string of the molecule is O=C(O)C1=CC(O)C(O)C(C(F)F)C1. The van der Waals surface area contributed by atoms with Gasteiger partial charge in [0.05, 0.1) is 18.1 Å². The van der Waals surface area contributed by atoms with Crippen LogP contribution in [0.4, 0.5) is 8.78 Å². The highest BCUT2D eigenvalue weighted by atomic mass is 19.3. The lowest BCUT2D eigenvalue weighted by atomic mass is 9.85. The van der Waals surface area contributed by atoms with E-state index in [0.29, 0.717) is 0 Å². The van der Waals surface area contributed by atoms with Crippen molar-refractivity contribution in [2.45, 2.75) is 25.1 Å². The van der Waals surface area contributed by atoms with E-state index >= 15 is 0 Å². The molecule has 3 N–H and O–H groups in total. The van der Waals surface area contributed by atoms with Gasteiger partial charge in [-0.3, -0.25) is 0 Å². The van der Waals surface area contributed by atoms with Gasteiger partial charge >= 0.3 is 5.97 Å². The predicted molar refractivity (Wildman–Crippen MR) is 41.8 cm³/mol. The van der Waals surface area contributed by atoms with Crippen LogP contribution in [0.5, 0.6) is 0 Å². The van der Waals surface area contributed by atoms with Crippen LogP contribution in [0.15, 0.2) is 11.6 Å². The maximum atomic E-state index is 12.3. The van der Waals surface area contributed by atoms with Gasteiger partial charge < -0.3 is 15.3 Å². The number of aliphatic carboxylic acids is 1. The Morgan fingerprint density at radius 1 is 1.50 bits per heavy atom. The highest BCUT2D eigenvalue weighted by Gasteiger charge is 2.38. The van der Waals surface area contributed by atoms with Crippen molar-refractivity contribution in [2.24, 2.45) is 5.92 Å². The van der Waals surface area contributed by atoms with Crippen molar-refractivity contribution in [1.29, 1.82) is 0 Å². The second kappa shape index (κ2) is 4.02. The zero-order valence-corrected chi connectivity index (χ0v) is 7.10. The zero-order valence-electron chi connectivity index (χ0n) is 7.10. The van der Waals surface area contributed by atoms with Crippen molar-refractivity contribution in [2.75, 3.05) is 0 Å². The van der Waals surface area contributed by atoms with Gasteiger partial charge in [-0.1, -0.05) is 0 Å². The summed E-state index contributed by atoms with van der Waals surface area (Å²) in [4.78, 5) is 10.5. The Labute approximate surface area is 78.5 Å². The first-order valence-electron chi connectivity index (χ1n) is 4.01. The zero-order chi connectivity index (χ0) is 10.9. The minimum absolute atomic E-state index is 0.284. The molecule has 1 aliphatic carbocycles. The molecule has 0 saturated carbocycles. The van der Waals surface area contributed by atoms with Crippen molar-refractivity contribution < 1.29 is 28.9 Å². The van der Waals surface area contributed by atoms with Crippen LogP contribution in [-0.4, -0.2) is 39.9 Å². The largest absolute Gasteiger partial charge is 0.478 e. The number of aliphatic hydroxyl groups is 2. The average Bonchev–Trinajstić information content (AvgIpc) is 2.08. The Bertz CT molecular complexity index is 264.